The van der Waals surface area contributed by atoms with Crippen molar-refractivity contribution >= 4 is 69.9 Å². The van der Waals surface area contributed by atoms with Crippen molar-refractivity contribution in [2.75, 3.05) is 0 Å². The van der Waals surface area contributed by atoms with Crippen molar-refractivity contribution in [3.05, 3.63) is 168 Å². The maximum absolute atomic E-state index is 7.42. The summed E-state index contributed by atoms with van der Waals surface area (Å²) in [4.78, 5) is 10.7. The van der Waals surface area contributed by atoms with Gasteiger partial charge in [0, 0.05) is 45.8 Å². The van der Waals surface area contributed by atoms with Crippen molar-refractivity contribution in [3.63, 3.8) is 0 Å². The molecule has 4 aromatic carbocycles. The minimum absolute atomic E-state index is 0.803. The van der Waals surface area contributed by atoms with Crippen LogP contribution in [0.15, 0.2) is 146 Å². The monoisotopic (exact) mass is 682 g/mol. The molecule has 4 nitrogen and oxygen atoms in total. The first kappa shape index (κ1) is 30.1. The predicted octanol–water partition coefficient (Wildman–Crippen LogP) is 12.3. The van der Waals surface area contributed by atoms with E-state index < -0.39 is 0 Å². The molecule has 0 atom stereocenters. The highest BCUT2D eigenvalue weighted by Crippen LogP contribution is 2.40. The minimum Gasteiger partial charge on any atom is -0.252 e. The zero-order chi connectivity index (χ0) is 33.6. The standard InChI is InChI=1S/C44H28Cl2N4/c45-49-37-25-26-38(49)43(31-17-9-3-10-18-31)35-23-24-36(48-35)44(32-19-11-4-12-20-32)40-28-27-39(50(40)46)42(30-15-7-2-8-16-30)34-22-21-33(47-34)41(37)29-13-5-1-6-14-29/h1-28H. The van der Waals surface area contributed by atoms with E-state index in [0.29, 0.717) is 0 Å². The fourth-order valence-electron chi connectivity index (χ4n) is 6.97. The Morgan fingerprint density at radius 1 is 0.300 bits per heavy atom. The molecule has 0 radical (unpaired) electrons. The van der Waals surface area contributed by atoms with E-state index in [0.717, 1.165) is 89.4 Å². The third-order valence-electron chi connectivity index (χ3n) is 9.22. The molecule has 0 unspecified atom stereocenters. The lowest BCUT2D eigenvalue weighted by Crippen LogP contribution is -1.93. The summed E-state index contributed by atoms with van der Waals surface area (Å²) in [6.07, 6.45) is 8.27. The zero-order valence-electron chi connectivity index (χ0n) is 26.7. The lowest BCUT2D eigenvalue weighted by atomic mass is 10.0. The highest BCUT2D eigenvalue weighted by atomic mass is 35.5. The Hall–Kier alpha value is -5.94. The van der Waals surface area contributed by atoms with E-state index in [1.165, 1.54) is 0 Å². The second-order valence-electron chi connectivity index (χ2n) is 12.2. The van der Waals surface area contributed by atoms with Crippen LogP contribution >= 0.6 is 23.6 Å². The molecule has 3 aromatic heterocycles. The summed E-state index contributed by atoms with van der Waals surface area (Å²) in [5.74, 6) is 0. The molecular weight excluding hydrogens is 655 g/mol. The quantitative estimate of drug-likeness (QED) is 0.185. The van der Waals surface area contributed by atoms with Gasteiger partial charge in [-0.05, 0) is 70.8 Å². The molecule has 8 bridgehead atoms. The van der Waals surface area contributed by atoms with Crippen molar-refractivity contribution in [3.8, 4) is 44.5 Å². The first-order valence-corrected chi connectivity index (χ1v) is 17.1. The number of halogens is 2. The van der Waals surface area contributed by atoms with Gasteiger partial charge in [0.25, 0.3) is 0 Å². The van der Waals surface area contributed by atoms with Gasteiger partial charge in [-0.15, -0.1) is 0 Å². The van der Waals surface area contributed by atoms with Crippen LogP contribution in [0.2, 0.25) is 0 Å². The van der Waals surface area contributed by atoms with Crippen LogP contribution in [0, 0.1) is 0 Å². The van der Waals surface area contributed by atoms with E-state index in [4.69, 9.17) is 33.5 Å². The molecule has 6 heteroatoms. The molecule has 0 amide bonds. The maximum atomic E-state index is 7.42. The van der Waals surface area contributed by atoms with E-state index in [9.17, 15) is 0 Å². The van der Waals surface area contributed by atoms with Crippen LogP contribution in [0.25, 0.3) is 90.9 Å². The van der Waals surface area contributed by atoms with E-state index in [-0.39, 0.29) is 0 Å². The summed E-state index contributed by atoms with van der Waals surface area (Å²) in [5.41, 5.74) is 14.2. The summed E-state index contributed by atoms with van der Waals surface area (Å²) in [7, 11) is 0. The van der Waals surface area contributed by atoms with Gasteiger partial charge in [0.2, 0.25) is 0 Å². The van der Waals surface area contributed by atoms with Gasteiger partial charge in [-0.3, -0.25) is 8.17 Å². The minimum atomic E-state index is 0.803. The lowest BCUT2D eigenvalue weighted by Gasteiger charge is -2.09. The molecule has 0 fully saturated rings. The van der Waals surface area contributed by atoms with E-state index >= 15 is 0 Å². The smallest absolute Gasteiger partial charge is 0.0737 e. The van der Waals surface area contributed by atoms with Gasteiger partial charge in [0.15, 0.2) is 0 Å². The fraction of sp³-hybridized carbons (Fsp3) is 0. The highest BCUT2D eigenvalue weighted by Gasteiger charge is 2.21. The van der Waals surface area contributed by atoms with Gasteiger partial charge < -0.3 is 0 Å². The summed E-state index contributed by atoms with van der Waals surface area (Å²) >= 11 is 14.8. The molecule has 238 valence electrons. The number of hydrogen-bond donors (Lipinski definition) is 0. The lowest BCUT2D eigenvalue weighted by molar-refractivity contribution is 1.29. The number of fused-ring (bicyclic) bond motifs is 8. The van der Waals surface area contributed by atoms with Gasteiger partial charge in [-0.25, -0.2) is 9.97 Å². The molecule has 2 aliphatic heterocycles. The van der Waals surface area contributed by atoms with Crippen LogP contribution < -0.4 is 0 Å². The predicted molar refractivity (Wildman–Crippen MR) is 210 cm³/mol. The van der Waals surface area contributed by atoms with Crippen LogP contribution in [-0.4, -0.2) is 18.1 Å². The Morgan fingerprint density at radius 2 is 0.520 bits per heavy atom. The second-order valence-corrected chi connectivity index (χ2v) is 12.8. The first-order valence-electron chi connectivity index (χ1n) is 16.4. The van der Waals surface area contributed by atoms with Crippen LogP contribution in [0.5, 0.6) is 0 Å². The van der Waals surface area contributed by atoms with Crippen LogP contribution in [0.4, 0.5) is 0 Å². The van der Waals surface area contributed by atoms with Crippen molar-refractivity contribution in [2.45, 2.75) is 0 Å². The van der Waals surface area contributed by atoms with Gasteiger partial charge in [-0.2, -0.15) is 0 Å². The number of nitrogens with zero attached hydrogens (tertiary/aromatic N) is 4. The molecule has 0 aliphatic carbocycles. The third kappa shape index (κ3) is 5.09. The molecule has 2 aliphatic rings. The first-order chi connectivity index (χ1) is 24.7. The van der Waals surface area contributed by atoms with Crippen molar-refractivity contribution < 1.29 is 0 Å². The summed E-state index contributed by atoms with van der Waals surface area (Å²) in [6.45, 7) is 0. The van der Waals surface area contributed by atoms with Crippen LogP contribution in [0.1, 0.15) is 22.8 Å². The van der Waals surface area contributed by atoms with E-state index in [1.807, 2.05) is 72.8 Å². The van der Waals surface area contributed by atoms with Gasteiger partial charge in [0.05, 0.1) is 44.8 Å². The zero-order valence-corrected chi connectivity index (χ0v) is 28.2. The topological polar surface area (TPSA) is 35.6 Å². The van der Waals surface area contributed by atoms with Gasteiger partial charge in [-0.1, -0.05) is 121 Å². The summed E-state index contributed by atoms with van der Waals surface area (Å²) in [6, 6.07) is 49.4. The molecule has 7 aromatic rings. The Morgan fingerprint density at radius 3 is 0.740 bits per heavy atom. The van der Waals surface area contributed by atoms with Crippen LogP contribution in [0.3, 0.4) is 0 Å². The summed E-state index contributed by atoms with van der Waals surface area (Å²) < 4.78 is 3.50. The van der Waals surface area contributed by atoms with E-state index in [2.05, 4.69) is 97.1 Å². The Balaban J connectivity index is 1.53. The van der Waals surface area contributed by atoms with Crippen LogP contribution in [-0.2, 0) is 0 Å². The highest BCUT2D eigenvalue weighted by molar-refractivity contribution is 6.23. The molecule has 50 heavy (non-hydrogen) atoms. The molecule has 9 rings (SSSR count). The molecule has 5 heterocycles. The largest absolute Gasteiger partial charge is 0.252 e. The Bertz CT molecular complexity index is 2280. The number of rotatable bonds is 4. The second kappa shape index (κ2) is 12.5. The van der Waals surface area contributed by atoms with Gasteiger partial charge >= 0.3 is 0 Å². The molecule has 0 saturated heterocycles. The average Bonchev–Trinajstić information content (AvgIpc) is 3.98. The fourth-order valence-corrected chi connectivity index (χ4v) is 7.53. The molecule has 0 N–H and O–H groups in total. The number of benzene rings is 4. The normalized spacial score (nSPS) is 12.0. The molecule has 0 saturated carbocycles. The van der Waals surface area contributed by atoms with Crippen molar-refractivity contribution in [1.82, 2.24) is 18.1 Å². The average molecular weight is 684 g/mol. The van der Waals surface area contributed by atoms with Crippen molar-refractivity contribution in [1.29, 1.82) is 0 Å². The third-order valence-corrected chi connectivity index (χ3v) is 9.95. The van der Waals surface area contributed by atoms with Gasteiger partial charge in [0.1, 0.15) is 0 Å². The molecule has 0 spiro atoms. The maximum Gasteiger partial charge on any atom is 0.0737 e. The molecular formula is C44H28Cl2N4. The Labute approximate surface area is 299 Å². The van der Waals surface area contributed by atoms with Crippen molar-refractivity contribution in [2.24, 2.45) is 0 Å². The SMILES string of the molecule is Cln1c2ccc1c(-c1ccccc1)c1nc(c(-c3ccccc3)c3ccc(c(-c4ccccc4)c4nc(c2-c2ccccc2)C=C4)n3Cl)C=C1. The van der Waals surface area contributed by atoms with E-state index in [1.54, 1.807) is 8.17 Å². The summed E-state index contributed by atoms with van der Waals surface area (Å²) in [5, 5.41) is 0. The number of aromatic nitrogens is 4. The Kier molecular flexibility index (Phi) is 7.54. The number of hydrogen-bond acceptors (Lipinski definition) is 2.